The molecule has 0 saturated carbocycles. The lowest BCUT2D eigenvalue weighted by Gasteiger charge is -2.12. The number of hydrogen-bond donors (Lipinski definition) is 0. The third-order valence-electron chi connectivity index (χ3n) is 7.36. The summed E-state index contributed by atoms with van der Waals surface area (Å²) in [7, 11) is 2.13. The molecule has 0 bridgehead atoms. The van der Waals surface area contributed by atoms with Gasteiger partial charge in [0.25, 0.3) is 0 Å². The molecule has 3 nitrogen and oxygen atoms in total. The smallest absolute Gasteiger partial charge is 0.224 e. The summed E-state index contributed by atoms with van der Waals surface area (Å²) < 4.78 is 15.2. The normalized spacial score (nSPS) is 12.1. The zero-order valence-electron chi connectivity index (χ0n) is 19.7. The Morgan fingerprint density at radius 3 is 1.97 bits per heavy atom. The van der Waals surface area contributed by atoms with Crippen molar-refractivity contribution in [3.05, 3.63) is 89.6 Å². The summed E-state index contributed by atoms with van der Waals surface area (Å²) in [5.41, 5.74) is 9.70. The van der Waals surface area contributed by atoms with E-state index in [1.165, 1.54) is 22.1 Å². The molecule has 0 fully saturated rings. The summed E-state index contributed by atoms with van der Waals surface area (Å²) >= 11 is 0. The molecule has 0 aliphatic carbocycles. The van der Waals surface area contributed by atoms with E-state index in [1.807, 2.05) is 18.2 Å². The van der Waals surface area contributed by atoms with Crippen LogP contribution in [0, 0.1) is 20.8 Å². The molecular weight excluding hydrogens is 418 g/mol. The Hall–Kier alpha value is -4.11. The van der Waals surface area contributed by atoms with Gasteiger partial charge in [0.2, 0.25) is 5.69 Å². The van der Waals surface area contributed by atoms with Crippen molar-refractivity contribution in [3.8, 4) is 11.3 Å². The van der Waals surface area contributed by atoms with E-state index in [4.69, 9.17) is 8.83 Å². The summed E-state index contributed by atoms with van der Waals surface area (Å²) in [6.07, 6.45) is 2.21. The highest BCUT2D eigenvalue weighted by atomic mass is 16.3. The summed E-state index contributed by atoms with van der Waals surface area (Å²) in [5, 5.41) is 6.95. The van der Waals surface area contributed by atoms with Crippen molar-refractivity contribution in [1.29, 1.82) is 0 Å². The lowest BCUT2D eigenvalue weighted by atomic mass is 9.92. The van der Waals surface area contributed by atoms with E-state index in [0.29, 0.717) is 0 Å². The molecule has 0 saturated heterocycles. The number of aromatic nitrogens is 1. The highest BCUT2D eigenvalue weighted by molar-refractivity contribution is 6.19. The topological polar surface area (TPSA) is 30.2 Å². The highest BCUT2D eigenvalue weighted by Gasteiger charge is 2.27. The standard InChI is InChI=1S/C31H24NO2/c1-17-15-24-21-10-6-8-12-26(21)34-31(24)28(19(17)3)29-23-14-13-22-20-9-5-7-11-25(20)33-30(22)27(23)18(2)16-32(29)4/h5-16H,1-4H3/q+1. The van der Waals surface area contributed by atoms with E-state index in [-0.39, 0.29) is 0 Å². The van der Waals surface area contributed by atoms with Gasteiger partial charge < -0.3 is 8.83 Å². The first-order valence-corrected chi connectivity index (χ1v) is 11.7. The predicted molar refractivity (Wildman–Crippen MR) is 139 cm³/mol. The van der Waals surface area contributed by atoms with Crippen LogP contribution in [-0.4, -0.2) is 0 Å². The van der Waals surface area contributed by atoms with E-state index in [2.05, 4.69) is 87.1 Å². The quantitative estimate of drug-likeness (QED) is 0.241. The van der Waals surface area contributed by atoms with Gasteiger partial charge in [-0.25, -0.2) is 4.57 Å². The Labute approximate surface area is 196 Å². The van der Waals surface area contributed by atoms with Gasteiger partial charge in [0.05, 0.1) is 10.9 Å². The molecule has 0 atom stereocenters. The van der Waals surface area contributed by atoms with Crippen LogP contribution < -0.4 is 4.57 Å². The Bertz CT molecular complexity index is 1950. The number of hydrogen-bond acceptors (Lipinski definition) is 2. The number of para-hydroxylation sites is 2. The first-order chi connectivity index (χ1) is 16.5. The molecular formula is C31H24NO2+. The SMILES string of the molecule is Cc1cc2c(oc3ccccc32)c(-c2c3ccc4c5ccccc5oc4c3c(C)c[n+]2C)c1C. The van der Waals surface area contributed by atoms with Crippen molar-refractivity contribution < 1.29 is 13.4 Å². The van der Waals surface area contributed by atoms with Crippen molar-refractivity contribution in [1.82, 2.24) is 0 Å². The molecule has 0 radical (unpaired) electrons. The highest BCUT2D eigenvalue weighted by Crippen LogP contribution is 2.43. The maximum Gasteiger partial charge on any atom is 0.224 e. The van der Waals surface area contributed by atoms with Gasteiger partial charge >= 0.3 is 0 Å². The number of nitrogens with zero attached hydrogens (tertiary/aromatic N) is 1. The number of benzene rings is 4. The monoisotopic (exact) mass is 442 g/mol. The van der Waals surface area contributed by atoms with E-state index < -0.39 is 0 Å². The number of furan rings is 2. The lowest BCUT2D eigenvalue weighted by molar-refractivity contribution is -0.659. The van der Waals surface area contributed by atoms with Crippen molar-refractivity contribution in [3.63, 3.8) is 0 Å². The molecule has 0 spiro atoms. The summed E-state index contributed by atoms with van der Waals surface area (Å²) in [6.45, 7) is 6.55. The molecule has 0 amide bonds. The lowest BCUT2D eigenvalue weighted by Crippen LogP contribution is -2.31. The molecule has 164 valence electrons. The van der Waals surface area contributed by atoms with Crippen LogP contribution in [0.1, 0.15) is 16.7 Å². The minimum absolute atomic E-state index is 0.919. The third kappa shape index (κ3) is 2.44. The fraction of sp³-hybridized carbons (Fsp3) is 0.129. The molecule has 7 aromatic rings. The second kappa shape index (κ2) is 6.71. The van der Waals surface area contributed by atoms with Crippen LogP contribution in [0.5, 0.6) is 0 Å². The Kier molecular flexibility index (Phi) is 3.82. The van der Waals surface area contributed by atoms with Gasteiger partial charge in [-0.15, -0.1) is 0 Å². The largest absolute Gasteiger partial charge is 0.455 e. The molecule has 0 aliphatic heterocycles. The second-order valence-corrected chi connectivity index (χ2v) is 9.40. The van der Waals surface area contributed by atoms with Gasteiger partial charge in [0.15, 0.2) is 6.20 Å². The first-order valence-electron chi connectivity index (χ1n) is 11.7. The third-order valence-corrected chi connectivity index (χ3v) is 7.36. The van der Waals surface area contributed by atoms with E-state index >= 15 is 0 Å². The summed E-state index contributed by atoms with van der Waals surface area (Å²) in [4.78, 5) is 0. The van der Waals surface area contributed by atoms with Gasteiger partial charge in [0, 0.05) is 32.5 Å². The Balaban J connectivity index is 1.69. The van der Waals surface area contributed by atoms with Crippen LogP contribution in [0.15, 0.2) is 81.8 Å². The van der Waals surface area contributed by atoms with Crippen LogP contribution in [0.3, 0.4) is 0 Å². The summed E-state index contributed by atoms with van der Waals surface area (Å²) in [5.74, 6) is 0. The molecule has 0 aliphatic rings. The molecule has 3 heteroatoms. The zero-order valence-corrected chi connectivity index (χ0v) is 19.7. The van der Waals surface area contributed by atoms with Gasteiger partial charge in [-0.1, -0.05) is 36.4 Å². The minimum atomic E-state index is 0.919. The van der Waals surface area contributed by atoms with Crippen molar-refractivity contribution in [2.45, 2.75) is 20.8 Å². The van der Waals surface area contributed by atoms with E-state index in [9.17, 15) is 0 Å². The maximum absolute atomic E-state index is 6.51. The average Bonchev–Trinajstić information content (AvgIpc) is 3.39. The fourth-order valence-electron chi connectivity index (χ4n) is 5.67. The molecule has 34 heavy (non-hydrogen) atoms. The molecule has 0 unspecified atom stereocenters. The van der Waals surface area contributed by atoms with E-state index in [0.717, 1.165) is 60.5 Å². The minimum Gasteiger partial charge on any atom is -0.455 e. The van der Waals surface area contributed by atoms with Crippen LogP contribution >= 0.6 is 0 Å². The fourth-order valence-corrected chi connectivity index (χ4v) is 5.67. The van der Waals surface area contributed by atoms with Crippen LogP contribution in [-0.2, 0) is 7.05 Å². The Morgan fingerprint density at radius 2 is 1.24 bits per heavy atom. The molecule has 3 heterocycles. The second-order valence-electron chi connectivity index (χ2n) is 9.40. The predicted octanol–water partition coefficient (Wildman–Crippen LogP) is 8.06. The molecule has 3 aromatic heterocycles. The average molecular weight is 443 g/mol. The molecule has 4 aromatic carbocycles. The molecule has 0 N–H and O–H groups in total. The van der Waals surface area contributed by atoms with Gasteiger partial charge in [0.1, 0.15) is 29.4 Å². The van der Waals surface area contributed by atoms with E-state index in [1.54, 1.807) is 0 Å². The van der Waals surface area contributed by atoms with Crippen molar-refractivity contribution >= 4 is 54.6 Å². The first kappa shape index (κ1) is 19.4. The van der Waals surface area contributed by atoms with Crippen molar-refractivity contribution in [2.75, 3.05) is 0 Å². The summed E-state index contributed by atoms with van der Waals surface area (Å²) in [6, 6.07) is 23.3. The van der Waals surface area contributed by atoms with Gasteiger partial charge in [-0.2, -0.15) is 0 Å². The molecule has 7 rings (SSSR count). The van der Waals surface area contributed by atoms with Gasteiger partial charge in [-0.3, -0.25) is 0 Å². The number of fused-ring (bicyclic) bond motifs is 8. The number of pyridine rings is 1. The number of aryl methyl sites for hydroxylation is 3. The van der Waals surface area contributed by atoms with Gasteiger partial charge in [-0.05, 0) is 62.2 Å². The number of rotatable bonds is 1. The zero-order chi connectivity index (χ0) is 23.1. The Morgan fingerprint density at radius 1 is 0.618 bits per heavy atom. The van der Waals surface area contributed by atoms with Crippen LogP contribution in [0.4, 0.5) is 0 Å². The maximum atomic E-state index is 6.51. The van der Waals surface area contributed by atoms with Crippen LogP contribution in [0.2, 0.25) is 0 Å². The van der Waals surface area contributed by atoms with Crippen LogP contribution in [0.25, 0.3) is 65.9 Å². The van der Waals surface area contributed by atoms with Crippen molar-refractivity contribution in [2.24, 2.45) is 7.05 Å².